The molecule has 8 heteroatoms. The highest BCUT2D eigenvalue weighted by Crippen LogP contribution is 2.27. The summed E-state index contributed by atoms with van der Waals surface area (Å²) >= 11 is 0. The fraction of sp³-hybridized carbons (Fsp3) is 0.320. The van der Waals surface area contributed by atoms with Crippen LogP contribution in [-0.2, 0) is 4.79 Å². The molecular formula is C25H29N5O3. The Kier molecular flexibility index (Phi) is 6.74. The van der Waals surface area contributed by atoms with Crippen molar-refractivity contribution in [2.75, 3.05) is 53.9 Å². The third-order valence-electron chi connectivity index (χ3n) is 5.70. The van der Waals surface area contributed by atoms with Gasteiger partial charge in [0, 0.05) is 37.9 Å². The summed E-state index contributed by atoms with van der Waals surface area (Å²) in [6.45, 7) is 2.43. The summed E-state index contributed by atoms with van der Waals surface area (Å²) in [5, 5.41) is 4.76. The van der Waals surface area contributed by atoms with Crippen molar-refractivity contribution in [3.63, 3.8) is 0 Å². The molecule has 1 aliphatic rings. The lowest BCUT2D eigenvalue weighted by Gasteiger charge is -2.35. The van der Waals surface area contributed by atoms with Crippen LogP contribution in [0.15, 0.2) is 60.8 Å². The Morgan fingerprint density at radius 2 is 1.58 bits per heavy atom. The summed E-state index contributed by atoms with van der Waals surface area (Å²) in [5.41, 5.74) is 2.88. The molecule has 0 unspecified atom stereocenters. The van der Waals surface area contributed by atoms with Crippen LogP contribution in [-0.4, -0.2) is 90.2 Å². The van der Waals surface area contributed by atoms with Crippen LogP contribution in [0.2, 0.25) is 0 Å². The molecule has 0 aliphatic carbocycles. The van der Waals surface area contributed by atoms with Crippen LogP contribution in [0.5, 0.6) is 5.75 Å². The van der Waals surface area contributed by atoms with E-state index in [2.05, 4.69) is 0 Å². The Morgan fingerprint density at radius 3 is 2.18 bits per heavy atom. The number of rotatable bonds is 6. The monoisotopic (exact) mass is 447 g/mol. The topological polar surface area (TPSA) is 70.9 Å². The lowest BCUT2D eigenvalue weighted by molar-refractivity contribution is -0.133. The van der Waals surface area contributed by atoms with E-state index < -0.39 is 0 Å². The van der Waals surface area contributed by atoms with Gasteiger partial charge in [-0.2, -0.15) is 5.10 Å². The Morgan fingerprint density at radius 1 is 0.939 bits per heavy atom. The minimum Gasteiger partial charge on any atom is -0.497 e. The average Bonchev–Trinajstić information content (AvgIpc) is 3.29. The summed E-state index contributed by atoms with van der Waals surface area (Å²) in [6.07, 6.45) is 1.79. The number of hydrogen-bond donors (Lipinski definition) is 0. The van der Waals surface area contributed by atoms with Crippen LogP contribution in [0.3, 0.4) is 0 Å². The second-order valence-corrected chi connectivity index (χ2v) is 8.31. The molecule has 0 bridgehead atoms. The highest BCUT2D eigenvalue weighted by molar-refractivity contribution is 6.00. The predicted octanol–water partition coefficient (Wildman–Crippen LogP) is 2.39. The molecule has 2 amide bonds. The van der Waals surface area contributed by atoms with Gasteiger partial charge >= 0.3 is 0 Å². The van der Waals surface area contributed by atoms with E-state index in [0.29, 0.717) is 44.0 Å². The van der Waals surface area contributed by atoms with Crippen LogP contribution in [0.4, 0.5) is 0 Å². The van der Waals surface area contributed by atoms with E-state index in [1.807, 2.05) is 78.5 Å². The quantitative estimate of drug-likeness (QED) is 0.580. The molecule has 33 heavy (non-hydrogen) atoms. The van der Waals surface area contributed by atoms with Gasteiger partial charge in [-0.25, -0.2) is 4.68 Å². The van der Waals surface area contributed by atoms with Gasteiger partial charge in [-0.1, -0.05) is 18.2 Å². The number of nitrogens with zero attached hydrogens (tertiary/aromatic N) is 5. The first-order valence-electron chi connectivity index (χ1n) is 11.0. The molecule has 1 fully saturated rings. The standard InChI is InChI=1S/C25H29N5O3/c1-27(2)18-23(31)28-13-15-29(16-14-28)25(32)22-17-30(20-7-5-4-6-8-20)26-24(22)19-9-11-21(33-3)12-10-19/h4-12,17H,13-16,18H2,1-3H3. The lowest BCUT2D eigenvalue weighted by atomic mass is 10.1. The second kappa shape index (κ2) is 9.87. The highest BCUT2D eigenvalue weighted by Gasteiger charge is 2.28. The van der Waals surface area contributed by atoms with Gasteiger partial charge in [-0.05, 0) is 50.5 Å². The first kappa shape index (κ1) is 22.5. The highest BCUT2D eigenvalue weighted by atomic mass is 16.5. The van der Waals surface area contributed by atoms with Crippen molar-refractivity contribution < 1.29 is 14.3 Å². The van der Waals surface area contributed by atoms with Crippen molar-refractivity contribution in [1.82, 2.24) is 24.5 Å². The number of para-hydroxylation sites is 1. The maximum atomic E-state index is 13.6. The summed E-state index contributed by atoms with van der Waals surface area (Å²) in [7, 11) is 5.38. The molecule has 0 N–H and O–H groups in total. The van der Waals surface area contributed by atoms with E-state index in [4.69, 9.17) is 9.84 Å². The van der Waals surface area contributed by atoms with Gasteiger partial charge in [0.2, 0.25) is 5.91 Å². The Balaban J connectivity index is 1.60. The zero-order chi connectivity index (χ0) is 23.4. The van der Waals surface area contributed by atoms with E-state index in [0.717, 1.165) is 17.0 Å². The molecule has 2 aromatic carbocycles. The molecule has 8 nitrogen and oxygen atoms in total. The van der Waals surface area contributed by atoms with Crippen LogP contribution < -0.4 is 4.74 Å². The molecule has 0 atom stereocenters. The van der Waals surface area contributed by atoms with Crippen LogP contribution in [0, 0.1) is 0 Å². The van der Waals surface area contributed by atoms with Crippen molar-refractivity contribution in [1.29, 1.82) is 0 Å². The third kappa shape index (κ3) is 5.06. The van der Waals surface area contributed by atoms with E-state index in [9.17, 15) is 9.59 Å². The number of amides is 2. The molecule has 0 spiro atoms. The Labute approximate surface area is 194 Å². The molecule has 0 radical (unpaired) electrons. The molecule has 1 aliphatic heterocycles. The largest absolute Gasteiger partial charge is 0.497 e. The normalized spacial score (nSPS) is 13.9. The minimum absolute atomic E-state index is 0.0808. The van der Waals surface area contributed by atoms with Crippen molar-refractivity contribution >= 4 is 11.8 Å². The molecule has 1 aromatic heterocycles. The molecule has 172 valence electrons. The van der Waals surface area contributed by atoms with Crippen molar-refractivity contribution in [3.05, 3.63) is 66.4 Å². The lowest BCUT2D eigenvalue weighted by Crippen LogP contribution is -2.52. The fourth-order valence-electron chi connectivity index (χ4n) is 3.91. The van der Waals surface area contributed by atoms with Gasteiger partial charge in [0.1, 0.15) is 11.4 Å². The maximum Gasteiger partial charge on any atom is 0.257 e. The number of benzene rings is 2. The number of carbonyl (C=O) groups is 2. The van der Waals surface area contributed by atoms with E-state index >= 15 is 0 Å². The van der Waals surface area contributed by atoms with Crippen LogP contribution in [0.25, 0.3) is 16.9 Å². The number of carbonyl (C=O) groups excluding carboxylic acids is 2. The average molecular weight is 448 g/mol. The first-order valence-corrected chi connectivity index (χ1v) is 11.0. The number of hydrogen-bond acceptors (Lipinski definition) is 5. The van der Waals surface area contributed by atoms with Gasteiger partial charge < -0.3 is 19.4 Å². The van der Waals surface area contributed by atoms with E-state index in [1.54, 1.807) is 22.9 Å². The molecule has 1 saturated heterocycles. The van der Waals surface area contributed by atoms with Crippen LogP contribution in [0.1, 0.15) is 10.4 Å². The Bertz CT molecular complexity index is 1100. The van der Waals surface area contributed by atoms with Gasteiger partial charge in [0.05, 0.1) is 24.9 Å². The summed E-state index contributed by atoms with van der Waals surface area (Å²) in [5.74, 6) is 0.748. The number of methoxy groups -OCH3 is 1. The molecule has 4 rings (SSSR count). The van der Waals surface area contributed by atoms with Gasteiger partial charge in [0.15, 0.2) is 0 Å². The van der Waals surface area contributed by atoms with Crippen molar-refractivity contribution in [3.8, 4) is 22.7 Å². The predicted molar refractivity (Wildman–Crippen MR) is 127 cm³/mol. The smallest absolute Gasteiger partial charge is 0.257 e. The van der Waals surface area contributed by atoms with Crippen molar-refractivity contribution in [2.24, 2.45) is 0 Å². The number of piperazine rings is 1. The van der Waals surface area contributed by atoms with E-state index in [1.165, 1.54) is 0 Å². The summed E-state index contributed by atoms with van der Waals surface area (Å²) < 4.78 is 7.01. The minimum atomic E-state index is -0.0808. The third-order valence-corrected chi connectivity index (χ3v) is 5.70. The van der Waals surface area contributed by atoms with Gasteiger partial charge in [-0.3, -0.25) is 9.59 Å². The van der Waals surface area contributed by atoms with Crippen LogP contribution >= 0.6 is 0 Å². The van der Waals surface area contributed by atoms with E-state index in [-0.39, 0.29) is 11.8 Å². The summed E-state index contributed by atoms with van der Waals surface area (Å²) in [6, 6.07) is 17.3. The fourth-order valence-corrected chi connectivity index (χ4v) is 3.91. The first-order chi connectivity index (χ1) is 16.0. The summed E-state index contributed by atoms with van der Waals surface area (Å²) in [4.78, 5) is 31.4. The van der Waals surface area contributed by atoms with Gasteiger partial charge in [-0.15, -0.1) is 0 Å². The molecule has 2 heterocycles. The SMILES string of the molecule is COc1ccc(-c2nn(-c3ccccc3)cc2C(=O)N2CCN(C(=O)CN(C)C)CC2)cc1. The van der Waals surface area contributed by atoms with Gasteiger partial charge in [0.25, 0.3) is 5.91 Å². The molecule has 3 aromatic rings. The zero-order valence-corrected chi connectivity index (χ0v) is 19.3. The Hall–Kier alpha value is -3.65. The number of likely N-dealkylation sites (N-methyl/N-ethyl adjacent to an activating group) is 1. The van der Waals surface area contributed by atoms with Crippen molar-refractivity contribution in [2.45, 2.75) is 0 Å². The molecule has 0 saturated carbocycles. The molecular weight excluding hydrogens is 418 g/mol. The zero-order valence-electron chi connectivity index (χ0n) is 19.3. The maximum absolute atomic E-state index is 13.6. The number of ether oxygens (including phenoxy) is 1. The number of aromatic nitrogens is 2. The second-order valence-electron chi connectivity index (χ2n) is 8.31.